The maximum Gasteiger partial charge on any atom is 0.264 e. The minimum atomic E-state index is -3.29. The predicted molar refractivity (Wildman–Crippen MR) is 65.7 cm³/mol. The molecule has 2 atom stereocenters. The molecule has 3 nitrogen and oxygen atoms in total. The van der Waals surface area contributed by atoms with Gasteiger partial charge in [0.1, 0.15) is 0 Å². The lowest BCUT2D eigenvalue weighted by Gasteiger charge is -2.29. The molecule has 0 bridgehead atoms. The first kappa shape index (κ1) is 14.0. The van der Waals surface area contributed by atoms with Crippen molar-refractivity contribution in [3.05, 3.63) is 0 Å². The molecule has 96 valence electrons. The van der Waals surface area contributed by atoms with Crippen molar-refractivity contribution in [1.29, 1.82) is 0 Å². The fourth-order valence-electron chi connectivity index (χ4n) is 2.48. The summed E-state index contributed by atoms with van der Waals surface area (Å²) in [5, 5.41) is 0. The first-order chi connectivity index (χ1) is 7.18. The smallest absolute Gasteiger partial charge is 0.264 e. The highest BCUT2D eigenvalue weighted by molar-refractivity contribution is 7.86. The summed E-state index contributed by atoms with van der Waals surface area (Å²) in [7, 11) is -3.29. The molecule has 16 heavy (non-hydrogen) atoms. The van der Waals surface area contributed by atoms with Crippen molar-refractivity contribution in [2.45, 2.75) is 59.0 Å². The van der Waals surface area contributed by atoms with Gasteiger partial charge in [-0.25, -0.2) is 0 Å². The van der Waals surface area contributed by atoms with Gasteiger partial charge in [-0.3, -0.25) is 4.18 Å². The van der Waals surface area contributed by atoms with Gasteiger partial charge in [0.25, 0.3) is 10.1 Å². The molecule has 1 saturated carbocycles. The zero-order valence-electron chi connectivity index (χ0n) is 10.8. The van der Waals surface area contributed by atoms with Crippen LogP contribution in [0.3, 0.4) is 0 Å². The lowest BCUT2D eigenvalue weighted by molar-refractivity contribution is 0.178. The molecule has 1 rings (SSSR count). The molecule has 0 aromatic rings. The Morgan fingerprint density at radius 1 is 1.06 bits per heavy atom. The van der Waals surface area contributed by atoms with Crippen molar-refractivity contribution >= 4 is 10.1 Å². The maximum absolute atomic E-state index is 11.1. The standard InChI is InChI=1S/C12H24O3S/c1-12(2,3)10-6-5-7-11(9-8-10)15-16(4,13)14/h10-11H,5-9H2,1-4H3. The lowest BCUT2D eigenvalue weighted by atomic mass is 9.76. The van der Waals surface area contributed by atoms with Crippen molar-refractivity contribution in [1.82, 2.24) is 0 Å². The van der Waals surface area contributed by atoms with Crippen LogP contribution in [-0.4, -0.2) is 20.8 Å². The fraction of sp³-hybridized carbons (Fsp3) is 1.00. The van der Waals surface area contributed by atoms with Gasteiger partial charge in [-0.05, 0) is 37.0 Å². The van der Waals surface area contributed by atoms with Gasteiger partial charge in [-0.2, -0.15) is 8.42 Å². The van der Waals surface area contributed by atoms with E-state index >= 15 is 0 Å². The van der Waals surface area contributed by atoms with E-state index in [4.69, 9.17) is 4.18 Å². The van der Waals surface area contributed by atoms with Crippen molar-refractivity contribution in [3.63, 3.8) is 0 Å². The summed E-state index contributed by atoms with van der Waals surface area (Å²) >= 11 is 0. The van der Waals surface area contributed by atoms with E-state index in [1.165, 1.54) is 6.42 Å². The molecule has 0 heterocycles. The second kappa shape index (κ2) is 5.05. The number of hydrogen-bond donors (Lipinski definition) is 0. The van der Waals surface area contributed by atoms with Crippen LogP contribution in [0.5, 0.6) is 0 Å². The monoisotopic (exact) mass is 248 g/mol. The predicted octanol–water partition coefficient (Wildman–Crippen LogP) is 2.96. The van der Waals surface area contributed by atoms with Crippen LogP contribution in [0.25, 0.3) is 0 Å². The van der Waals surface area contributed by atoms with Gasteiger partial charge in [0.2, 0.25) is 0 Å². The minimum Gasteiger partial charge on any atom is -0.267 e. The Balaban J connectivity index is 2.53. The topological polar surface area (TPSA) is 43.4 Å². The van der Waals surface area contributed by atoms with E-state index in [1.54, 1.807) is 0 Å². The van der Waals surface area contributed by atoms with Crippen molar-refractivity contribution in [2.24, 2.45) is 11.3 Å². The third-order valence-corrected chi connectivity index (χ3v) is 4.07. The fourth-order valence-corrected chi connectivity index (χ4v) is 3.16. The zero-order chi connectivity index (χ0) is 12.4. The summed E-state index contributed by atoms with van der Waals surface area (Å²) in [6, 6.07) is 0. The maximum atomic E-state index is 11.1. The molecule has 0 spiro atoms. The van der Waals surface area contributed by atoms with Crippen LogP contribution in [-0.2, 0) is 14.3 Å². The van der Waals surface area contributed by atoms with Crippen LogP contribution in [0.4, 0.5) is 0 Å². The Morgan fingerprint density at radius 2 is 1.69 bits per heavy atom. The zero-order valence-corrected chi connectivity index (χ0v) is 11.6. The van der Waals surface area contributed by atoms with Gasteiger partial charge in [0, 0.05) is 0 Å². The summed E-state index contributed by atoms with van der Waals surface area (Å²) in [6.07, 6.45) is 6.12. The Morgan fingerprint density at radius 3 is 2.19 bits per heavy atom. The third kappa shape index (κ3) is 4.83. The van der Waals surface area contributed by atoms with Crippen LogP contribution in [0, 0.1) is 11.3 Å². The molecule has 0 aromatic heterocycles. The van der Waals surface area contributed by atoms with Crippen LogP contribution >= 0.6 is 0 Å². The summed E-state index contributed by atoms with van der Waals surface area (Å²) in [6.45, 7) is 6.78. The van der Waals surface area contributed by atoms with E-state index < -0.39 is 10.1 Å². The SMILES string of the molecule is CC(C)(C)C1CCCC(OS(C)(=O)=O)CC1. The average molecular weight is 248 g/mol. The highest BCUT2D eigenvalue weighted by Gasteiger charge is 2.29. The van der Waals surface area contributed by atoms with E-state index in [0.29, 0.717) is 11.3 Å². The molecule has 1 fully saturated rings. The summed E-state index contributed by atoms with van der Waals surface area (Å²) < 4.78 is 27.2. The molecule has 0 N–H and O–H groups in total. The molecular weight excluding hydrogens is 224 g/mol. The van der Waals surface area contributed by atoms with Crippen LogP contribution in [0.1, 0.15) is 52.9 Å². The molecule has 2 unspecified atom stereocenters. The molecule has 0 saturated heterocycles. The van der Waals surface area contributed by atoms with E-state index in [0.717, 1.165) is 31.9 Å². The van der Waals surface area contributed by atoms with E-state index in [1.807, 2.05) is 0 Å². The quantitative estimate of drug-likeness (QED) is 0.557. The summed E-state index contributed by atoms with van der Waals surface area (Å²) in [5.41, 5.74) is 0.319. The van der Waals surface area contributed by atoms with Crippen LogP contribution in [0.15, 0.2) is 0 Å². The van der Waals surface area contributed by atoms with Crippen molar-refractivity contribution in [2.75, 3.05) is 6.26 Å². The van der Waals surface area contributed by atoms with Gasteiger partial charge in [0.15, 0.2) is 0 Å². The largest absolute Gasteiger partial charge is 0.267 e. The average Bonchev–Trinajstić information content (AvgIpc) is 2.25. The molecular formula is C12H24O3S. The molecule has 1 aliphatic carbocycles. The Labute approximate surface area is 99.7 Å². The van der Waals surface area contributed by atoms with Gasteiger partial charge in [-0.15, -0.1) is 0 Å². The van der Waals surface area contributed by atoms with Crippen molar-refractivity contribution in [3.8, 4) is 0 Å². The Kier molecular flexibility index (Phi) is 4.41. The minimum absolute atomic E-state index is 0.0950. The third-order valence-electron chi connectivity index (χ3n) is 3.45. The molecule has 0 aliphatic heterocycles. The van der Waals surface area contributed by atoms with Gasteiger partial charge < -0.3 is 0 Å². The van der Waals surface area contributed by atoms with E-state index in [9.17, 15) is 8.42 Å². The molecule has 4 heteroatoms. The first-order valence-corrected chi connectivity index (χ1v) is 7.88. The van der Waals surface area contributed by atoms with E-state index in [-0.39, 0.29) is 6.10 Å². The lowest BCUT2D eigenvalue weighted by Crippen LogP contribution is -2.20. The summed E-state index contributed by atoms with van der Waals surface area (Å²) in [5.74, 6) is 0.681. The van der Waals surface area contributed by atoms with Crippen LogP contribution in [0.2, 0.25) is 0 Å². The van der Waals surface area contributed by atoms with Gasteiger partial charge in [0.05, 0.1) is 12.4 Å². The highest BCUT2D eigenvalue weighted by Crippen LogP contribution is 2.37. The second-order valence-corrected chi connectivity index (χ2v) is 7.59. The van der Waals surface area contributed by atoms with Gasteiger partial charge >= 0.3 is 0 Å². The van der Waals surface area contributed by atoms with E-state index in [2.05, 4.69) is 20.8 Å². The summed E-state index contributed by atoms with van der Waals surface area (Å²) in [4.78, 5) is 0. The first-order valence-electron chi connectivity index (χ1n) is 6.07. The second-order valence-electron chi connectivity index (χ2n) is 5.99. The molecule has 0 radical (unpaired) electrons. The Hall–Kier alpha value is -0.0900. The molecule has 1 aliphatic rings. The number of hydrogen-bond acceptors (Lipinski definition) is 3. The molecule has 0 aromatic carbocycles. The van der Waals surface area contributed by atoms with Gasteiger partial charge in [-0.1, -0.05) is 27.2 Å². The molecule has 0 amide bonds. The highest BCUT2D eigenvalue weighted by atomic mass is 32.2. The number of rotatable bonds is 2. The van der Waals surface area contributed by atoms with Crippen molar-refractivity contribution < 1.29 is 12.6 Å². The van der Waals surface area contributed by atoms with Crippen LogP contribution < -0.4 is 0 Å². The Bertz CT molecular complexity index is 314. The normalized spacial score (nSPS) is 28.8.